The minimum atomic E-state index is -0.533. The second-order valence-electron chi connectivity index (χ2n) is 10.0. The van der Waals surface area contributed by atoms with E-state index in [-0.39, 0.29) is 23.5 Å². The molecular weight excluding hydrogens is 338 g/mol. The first-order valence-electron chi connectivity index (χ1n) is 10.4. The molecule has 1 atom stereocenters. The third-order valence-corrected chi connectivity index (χ3v) is 5.39. The topological polar surface area (TPSA) is 61.7 Å². The van der Waals surface area contributed by atoms with Crippen LogP contribution in [0.4, 0.5) is 0 Å². The minimum Gasteiger partial charge on any atom is -0.491 e. The van der Waals surface area contributed by atoms with Crippen LogP contribution in [0.25, 0.3) is 0 Å². The van der Waals surface area contributed by atoms with Gasteiger partial charge in [-0.2, -0.15) is 0 Å². The van der Waals surface area contributed by atoms with E-state index in [2.05, 4.69) is 52.1 Å². The van der Waals surface area contributed by atoms with Gasteiger partial charge < -0.3 is 20.3 Å². The fraction of sp³-hybridized carbons (Fsp3) is 0.739. The fourth-order valence-corrected chi connectivity index (χ4v) is 4.26. The summed E-state index contributed by atoms with van der Waals surface area (Å²) in [6, 6.07) is 8.68. The van der Waals surface area contributed by atoms with E-state index in [0.717, 1.165) is 37.9 Å². The van der Waals surface area contributed by atoms with E-state index >= 15 is 0 Å². The molecule has 1 aliphatic rings. The molecular formula is C23H39NO3. The van der Waals surface area contributed by atoms with Gasteiger partial charge in [0.05, 0.1) is 6.10 Å². The number of hydrogen-bond donors (Lipinski definition) is 3. The zero-order chi connectivity index (χ0) is 20.1. The maximum atomic E-state index is 10.2. The number of nitrogens with one attached hydrogen (secondary N) is 1. The van der Waals surface area contributed by atoms with Crippen LogP contribution in [-0.2, 0) is 5.41 Å². The summed E-state index contributed by atoms with van der Waals surface area (Å²) in [5, 5.41) is 23.1. The number of benzene rings is 1. The highest BCUT2D eigenvalue weighted by Crippen LogP contribution is 2.36. The molecule has 4 heteroatoms. The largest absolute Gasteiger partial charge is 0.491 e. The van der Waals surface area contributed by atoms with Crippen LogP contribution in [0.3, 0.4) is 0 Å². The molecule has 1 aromatic rings. The minimum absolute atomic E-state index is 0.119. The maximum Gasteiger partial charge on any atom is 0.119 e. The van der Waals surface area contributed by atoms with Gasteiger partial charge in [-0.15, -0.1) is 0 Å². The van der Waals surface area contributed by atoms with Crippen LogP contribution in [-0.4, -0.2) is 41.6 Å². The molecule has 1 fully saturated rings. The summed E-state index contributed by atoms with van der Waals surface area (Å²) in [5.41, 5.74) is 1.71. The van der Waals surface area contributed by atoms with Gasteiger partial charge >= 0.3 is 0 Å². The Bertz CT molecular complexity index is 554. The second kappa shape index (κ2) is 9.40. The van der Waals surface area contributed by atoms with Gasteiger partial charge in [0.25, 0.3) is 0 Å². The number of aliphatic hydroxyl groups excluding tert-OH is 2. The molecule has 154 valence electrons. The molecule has 0 saturated heterocycles. The number of hydrogen-bond acceptors (Lipinski definition) is 4. The van der Waals surface area contributed by atoms with Gasteiger partial charge in [0.1, 0.15) is 18.5 Å². The van der Waals surface area contributed by atoms with Gasteiger partial charge in [-0.05, 0) is 60.6 Å². The third-order valence-electron chi connectivity index (χ3n) is 5.39. The van der Waals surface area contributed by atoms with Crippen molar-refractivity contribution in [3.05, 3.63) is 29.8 Å². The lowest BCUT2D eigenvalue weighted by atomic mass is 9.72. The van der Waals surface area contributed by atoms with E-state index in [1.807, 2.05) is 12.1 Å². The first-order valence-corrected chi connectivity index (χ1v) is 10.4. The number of rotatable bonds is 8. The Morgan fingerprint density at radius 2 is 1.63 bits per heavy atom. The molecule has 0 aliphatic heterocycles. The molecule has 1 saturated carbocycles. The Morgan fingerprint density at radius 1 is 1.04 bits per heavy atom. The van der Waals surface area contributed by atoms with Crippen molar-refractivity contribution in [2.75, 3.05) is 13.2 Å². The molecule has 1 aliphatic carbocycles. The zero-order valence-electron chi connectivity index (χ0n) is 17.8. The molecule has 0 spiro atoms. The highest BCUT2D eigenvalue weighted by molar-refractivity contribution is 5.31. The van der Waals surface area contributed by atoms with Crippen LogP contribution >= 0.6 is 0 Å². The van der Waals surface area contributed by atoms with Crippen molar-refractivity contribution in [1.82, 2.24) is 5.32 Å². The van der Waals surface area contributed by atoms with E-state index in [0.29, 0.717) is 12.6 Å². The average molecular weight is 378 g/mol. The molecule has 2 rings (SSSR count). The predicted octanol–water partition coefficient (Wildman–Crippen LogP) is 4.03. The van der Waals surface area contributed by atoms with E-state index in [9.17, 15) is 10.2 Å². The van der Waals surface area contributed by atoms with Crippen molar-refractivity contribution in [3.8, 4) is 5.75 Å². The van der Waals surface area contributed by atoms with Gasteiger partial charge in [-0.25, -0.2) is 0 Å². The van der Waals surface area contributed by atoms with Gasteiger partial charge in [0.15, 0.2) is 0 Å². The van der Waals surface area contributed by atoms with Crippen LogP contribution in [0.5, 0.6) is 5.75 Å². The van der Waals surface area contributed by atoms with E-state index < -0.39 is 6.10 Å². The Labute approximate surface area is 165 Å². The summed E-state index contributed by atoms with van der Waals surface area (Å²) in [5.74, 6) is 0.796. The summed E-state index contributed by atoms with van der Waals surface area (Å²) in [4.78, 5) is 0. The molecule has 0 unspecified atom stereocenters. The second-order valence-corrected chi connectivity index (χ2v) is 10.0. The predicted molar refractivity (Wildman–Crippen MR) is 111 cm³/mol. The highest BCUT2D eigenvalue weighted by Gasteiger charge is 2.27. The third kappa shape index (κ3) is 7.81. The SMILES string of the molecule is CC(C)(C)CC(C)(C)c1ccc(OC[C@@H](O)CNC2CCC(O)CC2)cc1. The molecule has 0 amide bonds. The average Bonchev–Trinajstić information content (AvgIpc) is 2.58. The molecule has 0 radical (unpaired) electrons. The lowest BCUT2D eigenvalue weighted by Crippen LogP contribution is -2.40. The highest BCUT2D eigenvalue weighted by atomic mass is 16.5. The van der Waals surface area contributed by atoms with Gasteiger partial charge in [-0.1, -0.05) is 46.8 Å². The van der Waals surface area contributed by atoms with E-state index in [4.69, 9.17) is 4.74 Å². The molecule has 0 aromatic heterocycles. The molecule has 4 nitrogen and oxygen atoms in total. The first-order chi connectivity index (χ1) is 12.5. The van der Waals surface area contributed by atoms with Crippen LogP contribution in [0.1, 0.15) is 72.3 Å². The molecule has 27 heavy (non-hydrogen) atoms. The lowest BCUT2D eigenvalue weighted by Gasteiger charge is -2.33. The number of aliphatic hydroxyl groups is 2. The van der Waals surface area contributed by atoms with Crippen molar-refractivity contribution < 1.29 is 14.9 Å². The maximum absolute atomic E-state index is 10.2. The van der Waals surface area contributed by atoms with Crippen LogP contribution < -0.4 is 10.1 Å². The Balaban J connectivity index is 1.76. The quantitative estimate of drug-likeness (QED) is 0.640. The molecule has 1 aromatic carbocycles. The van der Waals surface area contributed by atoms with Gasteiger partial charge in [0.2, 0.25) is 0 Å². The summed E-state index contributed by atoms with van der Waals surface area (Å²) in [6.45, 7) is 12.2. The van der Waals surface area contributed by atoms with E-state index in [1.54, 1.807) is 0 Å². The van der Waals surface area contributed by atoms with Crippen molar-refractivity contribution in [2.24, 2.45) is 5.41 Å². The monoisotopic (exact) mass is 377 g/mol. The summed E-state index contributed by atoms with van der Waals surface area (Å²) in [7, 11) is 0. The summed E-state index contributed by atoms with van der Waals surface area (Å²) >= 11 is 0. The molecule has 0 bridgehead atoms. The molecule has 0 heterocycles. The summed E-state index contributed by atoms with van der Waals surface area (Å²) < 4.78 is 5.76. The van der Waals surface area contributed by atoms with Crippen molar-refractivity contribution in [3.63, 3.8) is 0 Å². The lowest BCUT2D eigenvalue weighted by molar-refractivity contribution is 0.0901. The van der Waals surface area contributed by atoms with Gasteiger partial charge in [-0.3, -0.25) is 0 Å². The normalized spacial score (nSPS) is 22.5. The van der Waals surface area contributed by atoms with Crippen molar-refractivity contribution >= 4 is 0 Å². The van der Waals surface area contributed by atoms with E-state index in [1.165, 1.54) is 5.56 Å². The first kappa shape index (κ1) is 22.2. The summed E-state index contributed by atoms with van der Waals surface area (Å²) in [6.07, 6.45) is 4.08. The zero-order valence-corrected chi connectivity index (χ0v) is 17.8. The fourth-order valence-electron chi connectivity index (χ4n) is 4.26. The Morgan fingerprint density at radius 3 is 2.19 bits per heavy atom. The van der Waals surface area contributed by atoms with Gasteiger partial charge in [0, 0.05) is 12.6 Å². The standard InChI is InChI=1S/C23H39NO3/c1-22(2,3)16-23(4,5)17-6-12-21(13-7-17)27-15-20(26)14-24-18-8-10-19(25)11-9-18/h6-7,12-13,18-20,24-26H,8-11,14-16H2,1-5H3/t18?,19?,20-/m0/s1. The smallest absolute Gasteiger partial charge is 0.119 e. The van der Waals surface area contributed by atoms with Crippen molar-refractivity contribution in [1.29, 1.82) is 0 Å². The van der Waals surface area contributed by atoms with Crippen LogP contribution in [0.15, 0.2) is 24.3 Å². The Hall–Kier alpha value is -1.10. The Kier molecular flexibility index (Phi) is 7.73. The van der Waals surface area contributed by atoms with Crippen LogP contribution in [0, 0.1) is 5.41 Å². The molecule has 3 N–H and O–H groups in total. The van der Waals surface area contributed by atoms with Crippen molar-refractivity contribution in [2.45, 2.75) is 90.4 Å². The number of ether oxygens (including phenoxy) is 1. The van der Waals surface area contributed by atoms with Crippen LogP contribution in [0.2, 0.25) is 0 Å².